The van der Waals surface area contributed by atoms with Gasteiger partial charge in [-0.05, 0) is 49.0 Å². The molecule has 0 amide bonds. The molecule has 1 atom stereocenters. The van der Waals surface area contributed by atoms with Crippen molar-refractivity contribution in [3.05, 3.63) is 32.5 Å². The first kappa shape index (κ1) is 12.7. The highest BCUT2D eigenvalue weighted by molar-refractivity contribution is 7.71. The molecule has 0 aliphatic carbocycles. The number of aryl methyl sites for hydroxylation is 1. The summed E-state index contributed by atoms with van der Waals surface area (Å²) in [4.78, 5) is 1.13. The Morgan fingerprint density at radius 3 is 3.26 bits per heavy atom. The van der Waals surface area contributed by atoms with Crippen LogP contribution in [0.15, 0.2) is 16.5 Å². The van der Waals surface area contributed by atoms with Gasteiger partial charge >= 0.3 is 0 Å². The molecule has 19 heavy (non-hydrogen) atoms. The average Bonchev–Trinajstić information content (AvgIpc) is 3.09. The quantitative estimate of drug-likeness (QED) is 0.699. The predicted molar refractivity (Wildman–Crippen MR) is 77.4 cm³/mol. The summed E-state index contributed by atoms with van der Waals surface area (Å²) in [6.45, 7) is 2.84. The maximum atomic E-state index is 5.63. The van der Waals surface area contributed by atoms with Gasteiger partial charge in [-0.15, -0.1) is 11.3 Å². The highest BCUT2D eigenvalue weighted by atomic mass is 32.1. The van der Waals surface area contributed by atoms with Gasteiger partial charge in [0.05, 0.1) is 11.1 Å². The molecule has 0 unspecified atom stereocenters. The lowest BCUT2D eigenvalue weighted by Gasteiger charge is -2.07. The summed E-state index contributed by atoms with van der Waals surface area (Å²) in [7, 11) is 0. The second-order valence-electron chi connectivity index (χ2n) is 4.41. The summed E-state index contributed by atoms with van der Waals surface area (Å²) in [6, 6.07) is 2.07. The molecule has 0 radical (unpaired) electrons. The van der Waals surface area contributed by atoms with Gasteiger partial charge in [-0.2, -0.15) is 14.9 Å². The molecule has 3 heterocycles. The zero-order valence-electron chi connectivity index (χ0n) is 10.5. The average molecular weight is 294 g/mol. The number of nitrogens with one attached hydrogen (secondary N) is 1. The van der Waals surface area contributed by atoms with Crippen molar-refractivity contribution >= 4 is 29.8 Å². The van der Waals surface area contributed by atoms with Crippen LogP contribution in [0.2, 0.25) is 0 Å². The van der Waals surface area contributed by atoms with Crippen LogP contribution in [0.1, 0.15) is 35.2 Å². The minimum Gasteiger partial charge on any atom is -0.370 e. The van der Waals surface area contributed by atoms with Crippen LogP contribution < -0.4 is 0 Å². The van der Waals surface area contributed by atoms with Gasteiger partial charge in [0.1, 0.15) is 6.10 Å². The number of aromatic amines is 1. The predicted octanol–water partition coefficient (Wildman–Crippen LogP) is 3.04. The summed E-state index contributed by atoms with van der Waals surface area (Å²) in [5.41, 5.74) is 1.21. The van der Waals surface area contributed by atoms with Crippen molar-refractivity contribution in [2.45, 2.75) is 25.9 Å². The van der Waals surface area contributed by atoms with Crippen LogP contribution in [0.4, 0.5) is 0 Å². The topological polar surface area (TPSA) is 55.2 Å². The van der Waals surface area contributed by atoms with Gasteiger partial charge in [-0.25, -0.2) is 0 Å². The third kappa shape index (κ3) is 2.54. The fraction of sp³-hybridized carbons (Fsp3) is 0.417. The van der Waals surface area contributed by atoms with Crippen LogP contribution in [-0.4, -0.2) is 27.7 Å². The number of aromatic nitrogens is 3. The minimum absolute atomic E-state index is 0.00506. The first-order chi connectivity index (χ1) is 9.25. The molecule has 2 aromatic rings. The molecule has 100 valence electrons. The van der Waals surface area contributed by atoms with Crippen LogP contribution in [0.5, 0.6) is 0 Å². The maximum absolute atomic E-state index is 5.63. The van der Waals surface area contributed by atoms with Crippen molar-refractivity contribution in [1.29, 1.82) is 0 Å². The van der Waals surface area contributed by atoms with E-state index in [2.05, 4.69) is 28.3 Å². The van der Waals surface area contributed by atoms with E-state index in [0.29, 0.717) is 4.77 Å². The number of nitrogens with zero attached hydrogens (tertiary/aromatic N) is 3. The van der Waals surface area contributed by atoms with E-state index >= 15 is 0 Å². The van der Waals surface area contributed by atoms with Crippen LogP contribution in [-0.2, 0) is 4.74 Å². The Bertz CT molecular complexity index is 649. The largest absolute Gasteiger partial charge is 0.370 e. The van der Waals surface area contributed by atoms with E-state index < -0.39 is 0 Å². The maximum Gasteiger partial charge on any atom is 0.216 e. The molecule has 0 bridgehead atoms. The summed E-state index contributed by atoms with van der Waals surface area (Å²) in [5.74, 6) is 0.757. The first-order valence-corrected chi connectivity index (χ1v) is 7.42. The van der Waals surface area contributed by atoms with E-state index in [1.807, 2.05) is 11.6 Å². The third-order valence-electron chi connectivity index (χ3n) is 3.09. The minimum atomic E-state index is -0.00506. The summed E-state index contributed by atoms with van der Waals surface area (Å²) in [5, 5.41) is 13.5. The Morgan fingerprint density at radius 2 is 2.58 bits per heavy atom. The van der Waals surface area contributed by atoms with Gasteiger partial charge in [0, 0.05) is 6.61 Å². The molecule has 3 rings (SSSR count). The number of H-pyrrole nitrogens is 1. The molecule has 1 saturated heterocycles. The molecule has 1 aliphatic heterocycles. The second-order valence-corrected chi connectivity index (χ2v) is 5.75. The first-order valence-electron chi connectivity index (χ1n) is 6.13. The molecule has 2 aromatic heterocycles. The Morgan fingerprint density at radius 1 is 1.68 bits per heavy atom. The van der Waals surface area contributed by atoms with Crippen molar-refractivity contribution in [2.75, 3.05) is 6.61 Å². The van der Waals surface area contributed by atoms with E-state index in [9.17, 15) is 0 Å². The molecular weight excluding hydrogens is 280 g/mol. The number of hydrogen-bond donors (Lipinski definition) is 1. The van der Waals surface area contributed by atoms with E-state index in [-0.39, 0.29) is 6.10 Å². The van der Waals surface area contributed by atoms with Crippen LogP contribution >= 0.6 is 23.6 Å². The fourth-order valence-electron chi connectivity index (χ4n) is 2.03. The zero-order valence-corrected chi connectivity index (χ0v) is 12.1. The van der Waals surface area contributed by atoms with Gasteiger partial charge in [0.2, 0.25) is 4.77 Å². The van der Waals surface area contributed by atoms with E-state index in [0.717, 1.165) is 30.2 Å². The van der Waals surface area contributed by atoms with Crippen molar-refractivity contribution in [2.24, 2.45) is 5.10 Å². The number of rotatable bonds is 3. The third-order valence-corrected chi connectivity index (χ3v) is 4.30. The number of ether oxygens (including phenoxy) is 1. The fourth-order valence-corrected chi connectivity index (χ4v) is 3.00. The van der Waals surface area contributed by atoms with Crippen LogP contribution in [0, 0.1) is 11.7 Å². The molecular formula is C12H14N4OS2. The Labute approximate surface area is 119 Å². The molecule has 0 aromatic carbocycles. The van der Waals surface area contributed by atoms with Crippen molar-refractivity contribution < 1.29 is 4.74 Å². The summed E-state index contributed by atoms with van der Waals surface area (Å²) < 4.78 is 7.79. The highest BCUT2D eigenvalue weighted by Crippen LogP contribution is 2.27. The lowest BCUT2D eigenvalue weighted by molar-refractivity contribution is 0.102. The van der Waals surface area contributed by atoms with E-state index in [4.69, 9.17) is 17.0 Å². The second kappa shape index (κ2) is 5.36. The molecule has 1 fully saturated rings. The standard InChI is InChI=1S/C12H14N4OS2/c1-8-4-6-19-10(8)7-13-16-11(14-15-12(16)18)9-3-2-5-17-9/h4,6-7,9H,2-3,5H2,1H3,(H,15,18)/b13-7-/t9-/m0/s1. The smallest absolute Gasteiger partial charge is 0.216 e. The van der Waals surface area contributed by atoms with Gasteiger partial charge in [-0.1, -0.05) is 0 Å². The van der Waals surface area contributed by atoms with Crippen molar-refractivity contribution in [3.8, 4) is 0 Å². The normalized spacial score (nSPS) is 19.5. The number of hydrogen-bond acceptors (Lipinski definition) is 5. The van der Waals surface area contributed by atoms with E-state index in [1.165, 1.54) is 5.56 Å². The van der Waals surface area contributed by atoms with Crippen molar-refractivity contribution in [3.63, 3.8) is 0 Å². The lowest BCUT2D eigenvalue weighted by atomic mass is 10.2. The summed E-state index contributed by atoms with van der Waals surface area (Å²) >= 11 is 6.87. The Kier molecular flexibility index (Phi) is 3.58. The van der Waals surface area contributed by atoms with Gasteiger partial charge in [0.25, 0.3) is 0 Å². The highest BCUT2D eigenvalue weighted by Gasteiger charge is 2.23. The molecule has 7 heteroatoms. The molecule has 1 aliphatic rings. The lowest BCUT2D eigenvalue weighted by Crippen LogP contribution is -2.05. The molecule has 1 N–H and O–H groups in total. The number of thiophene rings is 1. The van der Waals surface area contributed by atoms with Gasteiger partial charge in [-0.3, -0.25) is 5.10 Å². The van der Waals surface area contributed by atoms with Gasteiger partial charge in [0.15, 0.2) is 5.82 Å². The Hall–Kier alpha value is -1.31. The van der Waals surface area contributed by atoms with E-state index in [1.54, 1.807) is 16.0 Å². The van der Waals surface area contributed by atoms with Gasteiger partial charge < -0.3 is 4.74 Å². The zero-order chi connectivity index (χ0) is 13.2. The van der Waals surface area contributed by atoms with Crippen molar-refractivity contribution in [1.82, 2.24) is 14.9 Å². The SMILES string of the molecule is Cc1ccsc1/C=N\n1c([C@@H]2CCCO2)n[nH]c1=S. The molecule has 0 saturated carbocycles. The monoisotopic (exact) mass is 294 g/mol. The van der Waals surface area contributed by atoms with Crippen LogP contribution in [0.3, 0.4) is 0 Å². The molecule has 5 nitrogen and oxygen atoms in total. The molecule has 0 spiro atoms. The Balaban J connectivity index is 1.92. The summed E-state index contributed by atoms with van der Waals surface area (Å²) in [6.07, 6.45) is 3.84. The van der Waals surface area contributed by atoms with Crippen LogP contribution in [0.25, 0.3) is 0 Å².